The molecule has 0 saturated heterocycles. The SMILES string of the molecule is CCOC(=O)c1c(Br)c2c(n1Cc1ccc(F)cc1)-c1nc(NS(=O)(=O)c3ccccc3)ncc1CC2. The quantitative estimate of drug-likeness (QED) is 0.308. The molecule has 11 heteroatoms. The average molecular weight is 585 g/mol. The lowest BCUT2D eigenvalue weighted by molar-refractivity contribution is 0.0513. The van der Waals surface area contributed by atoms with Gasteiger partial charge in [-0.15, -0.1) is 0 Å². The van der Waals surface area contributed by atoms with Crippen molar-refractivity contribution >= 4 is 37.9 Å². The third kappa shape index (κ3) is 4.88. The van der Waals surface area contributed by atoms with Gasteiger partial charge in [0.2, 0.25) is 5.95 Å². The predicted molar refractivity (Wildman–Crippen MR) is 139 cm³/mol. The van der Waals surface area contributed by atoms with Crippen molar-refractivity contribution in [1.29, 1.82) is 0 Å². The van der Waals surface area contributed by atoms with Gasteiger partial charge in [-0.1, -0.05) is 30.3 Å². The highest BCUT2D eigenvalue weighted by atomic mass is 79.9. The summed E-state index contributed by atoms with van der Waals surface area (Å²) in [5.41, 5.74) is 3.92. The Bertz CT molecular complexity index is 1590. The highest BCUT2D eigenvalue weighted by molar-refractivity contribution is 9.10. The summed E-state index contributed by atoms with van der Waals surface area (Å²) in [5, 5.41) is 0. The Morgan fingerprint density at radius 2 is 1.86 bits per heavy atom. The zero-order chi connectivity index (χ0) is 26.2. The summed E-state index contributed by atoms with van der Waals surface area (Å²) in [6.07, 6.45) is 2.82. The van der Waals surface area contributed by atoms with E-state index in [4.69, 9.17) is 4.74 Å². The molecule has 1 aliphatic carbocycles. The molecular weight excluding hydrogens is 563 g/mol. The minimum Gasteiger partial charge on any atom is -0.461 e. The first kappa shape index (κ1) is 25.1. The highest BCUT2D eigenvalue weighted by Crippen LogP contribution is 2.41. The number of nitrogens with one attached hydrogen (secondary N) is 1. The first-order valence-corrected chi connectivity index (χ1v) is 13.8. The Labute approximate surface area is 221 Å². The molecule has 0 spiro atoms. The number of carbonyl (C=O) groups is 1. The van der Waals surface area contributed by atoms with E-state index in [0.29, 0.717) is 34.4 Å². The molecule has 37 heavy (non-hydrogen) atoms. The van der Waals surface area contributed by atoms with Gasteiger partial charge in [0, 0.05) is 12.7 Å². The van der Waals surface area contributed by atoms with E-state index in [0.717, 1.165) is 16.7 Å². The third-order valence-corrected chi connectivity index (χ3v) is 8.23. The molecule has 0 amide bonds. The molecule has 8 nitrogen and oxygen atoms in total. The summed E-state index contributed by atoms with van der Waals surface area (Å²) >= 11 is 3.60. The van der Waals surface area contributed by atoms with Gasteiger partial charge in [-0.05, 0) is 76.7 Å². The van der Waals surface area contributed by atoms with Crippen molar-refractivity contribution < 1.29 is 22.3 Å². The van der Waals surface area contributed by atoms with Gasteiger partial charge in [0.15, 0.2) is 0 Å². The molecule has 0 aliphatic heterocycles. The van der Waals surface area contributed by atoms with Crippen molar-refractivity contribution in [3.8, 4) is 11.4 Å². The maximum Gasteiger partial charge on any atom is 0.356 e. The van der Waals surface area contributed by atoms with Crippen LogP contribution in [0, 0.1) is 5.82 Å². The van der Waals surface area contributed by atoms with Crippen LogP contribution in [0.1, 0.15) is 34.1 Å². The fourth-order valence-electron chi connectivity index (χ4n) is 4.35. The first-order chi connectivity index (χ1) is 17.8. The number of ether oxygens (including phenoxy) is 1. The second kappa shape index (κ2) is 10.1. The number of hydrogen-bond acceptors (Lipinski definition) is 6. The number of aryl methyl sites for hydroxylation is 1. The number of anilines is 1. The van der Waals surface area contributed by atoms with Crippen LogP contribution in [0.15, 0.2) is 70.2 Å². The fourth-order valence-corrected chi connectivity index (χ4v) is 6.09. The van der Waals surface area contributed by atoms with E-state index >= 15 is 0 Å². The molecule has 1 N–H and O–H groups in total. The number of hydrogen-bond donors (Lipinski definition) is 1. The second-order valence-corrected chi connectivity index (χ2v) is 10.9. The molecule has 0 fully saturated rings. The zero-order valence-corrected chi connectivity index (χ0v) is 22.1. The molecule has 0 bridgehead atoms. The van der Waals surface area contributed by atoms with Gasteiger partial charge >= 0.3 is 5.97 Å². The van der Waals surface area contributed by atoms with E-state index in [1.54, 1.807) is 48.0 Å². The first-order valence-electron chi connectivity index (χ1n) is 11.5. The predicted octanol–water partition coefficient (Wildman–Crippen LogP) is 4.97. The Kier molecular flexibility index (Phi) is 6.82. The fraction of sp³-hybridized carbons (Fsp3) is 0.192. The van der Waals surface area contributed by atoms with E-state index in [-0.39, 0.29) is 29.8 Å². The monoisotopic (exact) mass is 584 g/mol. The van der Waals surface area contributed by atoms with Gasteiger partial charge in [-0.25, -0.2) is 32.3 Å². The molecule has 2 aromatic heterocycles. The third-order valence-electron chi connectivity index (χ3n) is 6.03. The molecule has 2 aromatic carbocycles. The van der Waals surface area contributed by atoms with E-state index in [1.165, 1.54) is 24.3 Å². The van der Waals surface area contributed by atoms with Crippen molar-refractivity contribution in [3.63, 3.8) is 0 Å². The van der Waals surface area contributed by atoms with Crippen LogP contribution < -0.4 is 4.72 Å². The number of fused-ring (bicyclic) bond motifs is 3. The maximum atomic E-state index is 13.5. The van der Waals surface area contributed by atoms with Crippen molar-refractivity contribution in [2.24, 2.45) is 0 Å². The summed E-state index contributed by atoms with van der Waals surface area (Å²) in [7, 11) is -3.90. The molecule has 0 atom stereocenters. The lowest BCUT2D eigenvalue weighted by atomic mass is 9.95. The minimum atomic E-state index is -3.90. The molecule has 4 aromatic rings. The zero-order valence-electron chi connectivity index (χ0n) is 19.7. The standard InChI is InChI=1S/C26H22BrFN4O4S/c1-2-36-25(33)24-21(27)20-13-10-17-14-29-26(31-37(34,35)19-6-4-3-5-7-19)30-22(17)23(20)32(24)15-16-8-11-18(28)12-9-16/h3-9,11-12,14H,2,10,13,15H2,1H3,(H,29,30,31). The van der Waals surface area contributed by atoms with Gasteiger partial charge in [0.1, 0.15) is 11.5 Å². The van der Waals surface area contributed by atoms with Gasteiger partial charge < -0.3 is 9.30 Å². The lowest BCUT2D eigenvalue weighted by Gasteiger charge is -2.20. The second-order valence-electron chi connectivity index (χ2n) is 8.41. The Hall–Kier alpha value is -3.57. The van der Waals surface area contributed by atoms with E-state index < -0.39 is 16.0 Å². The molecule has 0 radical (unpaired) electrons. The molecule has 0 saturated carbocycles. The molecule has 2 heterocycles. The van der Waals surface area contributed by atoms with Crippen molar-refractivity contribution in [3.05, 3.63) is 93.5 Å². The molecule has 1 aliphatic rings. The van der Waals surface area contributed by atoms with Crippen LogP contribution in [0.3, 0.4) is 0 Å². The van der Waals surface area contributed by atoms with Crippen LogP contribution >= 0.6 is 15.9 Å². The average Bonchev–Trinajstić information content (AvgIpc) is 3.17. The normalized spacial score (nSPS) is 12.5. The number of benzene rings is 2. The number of rotatable bonds is 7. The minimum absolute atomic E-state index is 0.0845. The number of halogens is 2. The number of aromatic nitrogens is 3. The van der Waals surface area contributed by atoms with Crippen LogP contribution in [0.4, 0.5) is 10.3 Å². The van der Waals surface area contributed by atoms with Gasteiger partial charge in [0.05, 0.1) is 27.4 Å². The largest absolute Gasteiger partial charge is 0.461 e. The van der Waals surface area contributed by atoms with Crippen molar-refractivity contribution in [2.75, 3.05) is 11.3 Å². The van der Waals surface area contributed by atoms with Crippen LogP contribution in [-0.4, -0.2) is 35.5 Å². The van der Waals surface area contributed by atoms with E-state index in [2.05, 4.69) is 30.6 Å². The number of nitrogens with zero attached hydrogens (tertiary/aromatic N) is 3. The number of esters is 1. The molecule has 5 rings (SSSR count). The summed E-state index contributed by atoms with van der Waals surface area (Å²) in [5.74, 6) is -0.955. The van der Waals surface area contributed by atoms with Crippen LogP contribution in [0.2, 0.25) is 0 Å². The summed E-state index contributed by atoms with van der Waals surface area (Å²) in [4.78, 5) is 21.9. The topological polar surface area (TPSA) is 103 Å². The van der Waals surface area contributed by atoms with Crippen molar-refractivity contribution in [2.45, 2.75) is 31.2 Å². The van der Waals surface area contributed by atoms with Crippen LogP contribution in [0.5, 0.6) is 0 Å². The summed E-state index contributed by atoms with van der Waals surface area (Å²) in [6.45, 7) is 2.17. The van der Waals surface area contributed by atoms with Gasteiger partial charge in [-0.3, -0.25) is 0 Å². The highest BCUT2D eigenvalue weighted by Gasteiger charge is 2.32. The molecule has 0 unspecified atom stereocenters. The van der Waals surface area contributed by atoms with E-state index in [9.17, 15) is 17.6 Å². The molecular formula is C26H22BrFN4O4S. The number of sulfonamides is 1. The Morgan fingerprint density at radius 1 is 1.14 bits per heavy atom. The van der Waals surface area contributed by atoms with Crippen molar-refractivity contribution in [1.82, 2.24) is 14.5 Å². The smallest absolute Gasteiger partial charge is 0.356 e. The van der Waals surface area contributed by atoms with Gasteiger partial charge in [-0.2, -0.15) is 0 Å². The van der Waals surface area contributed by atoms with Gasteiger partial charge in [0.25, 0.3) is 10.0 Å². The number of carbonyl (C=O) groups excluding carboxylic acids is 1. The summed E-state index contributed by atoms with van der Waals surface area (Å²) < 4.78 is 49.5. The van der Waals surface area contributed by atoms with Crippen LogP contribution in [-0.2, 0) is 34.1 Å². The lowest BCUT2D eigenvalue weighted by Crippen LogP contribution is -2.18. The Morgan fingerprint density at radius 3 is 2.57 bits per heavy atom. The molecule has 190 valence electrons. The maximum absolute atomic E-state index is 13.5. The summed E-state index contributed by atoms with van der Waals surface area (Å²) in [6, 6.07) is 14.0. The Balaban J connectivity index is 1.63. The van der Waals surface area contributed by atoms with E-state index in [1.807, 2.05) is 0 Å². The van der Waals surface area contributed by atoms with Crippen LogP contribution in [0.25, 0.3) is 11.4 Å².